The van der Waals surface area contributed by atoms with E-state index >= 15 is 0 Å². The van der Waals surface area contributed by atoms with E-state index in [9.17, 15) is 9.59 Å². The van der Waals surface area contributed by atoms with Gasteiger partial charge in [0.15, 0.2) is 5.11 Å². The average Bonchev–Trinajstić information content (AvgIpc) is 2.43. The molecule has 1 saturated heterocycles. The van der Waals surface area contributed by atoms with Crippen molar-refractivity contribution in [2.24, 2.45) is 5.73 Å². The van der Waals surface area contributed by atoms with E-state index in [4.69, 9.17) is 10.8 Å². The number of rotatable bonds is 3. The maximum Gasteiger partial charge on any atom is 0.327 e. The van der Waals surface area contributed by atoms with Gasteiger partial charge in [-0.05, 0) is 19.1 Å². The molecule has 84 valence electrons. The highest BCUT2D eigenvalue weighted by molar-refractivity contribution is 7.80. The SMILES string of the molecule is C[C@@H](O)[C@H](N)C(=O)OC1NC(=S)NC1=O. The first-order valence-electron chi connectivity index (χ1n) is 4.17. The van der Waals surface area contributed by atoms with Crippen LogP contribution in [0.1, 0.15) is 6.92 Å². The number of nitrogens with two attached hydrogens (primary N) is 1. The number of aliphatic hydroxyl groups is 1. The fourth-order valence-corrected chi connectivity index (χ4v) is 1.08. The molecule has 1 heterocycles. The van der Waals surface area contributed by atoms with Crippen molar-refractivity contribution in [1.82, 2.24) is 10.6 Å². The normalized spacial score (nSPS) is 24.1. The summed E-state index contributed by atoms with van der Waals surface area (Å²) in [5.41, 5.74) is 5.30. The highest BCUT2D eigenvalue weighted by atomic mass is 32.1. The summed E-state index contributed by atoms with van der Waals surface area (Å²) >= 11 is 4.63. The highest BCUT2D eigenvalue weighted by Crippen LogP contribution is 2.00. The molecule has 7 nitrogen and oxygen atoms in total. The Kier molecular flexibility index (Phi) is 3.56. The summed E-state index contributed by atoms with van der Waals surface area (Å²) in [6.45, 7) is 1.35. The Bertz CT molecular complexity index is 307. The molecular formula is C7H11N3O4S. The molecule has 0 aliphatic carbocycles. The summed E-state index contributed by atoms with van der Waals surface area (Å²) in [4.78, 5) is 22.3. The number of ether oxygens (including phenoxy) is 1. The molecule has 15 heavy (non-hydrogen) atoms. The predicted molar refractivity (Wildman–Crippen MR) is 53.4 cm³/mol. The minimum Gasteiger partial charge on any atom is -0.431 e. The second kappa shape index (κ2) is 4.51. The van der Waals surface area contributed by atoms with Crippen molar-refractivity contribution in [3.63, 3.8) is 0 Å². The average molecular weight is 233 g/mol. The van der Waals surface area contributed by atoms with Crippen LogP contribution < -0.4 is 16.4 Å². The van der Waals surface area contributed by atoms with Crippen LogP contribution in [0, 0.1) is 0 Å². The van der Waals surface area contributed by atoms with Crippen molar-refractivity contribution < 1.29 is 19.4 Å². The fraction of sp³-hybridized carbons (Fsp3) is 0.571. The van der Waals surface area contributed by atoms with E-state index in [2.05, 4.69) is 27.6 Å². The van der Waals surface area contributed by atoms with Gasteiger partial charge in [0.1, 0.15) is 6.04 Å². The van der Waals surface area contributed by atoms with Crippen molar-refractivity contribution >= 4 is 29.2 Å². The molecule has 1 unspecified atom stereocenters. The number of esters is 1. The standard InChI is InChI=1S/C7H11N3O4S/c1-2(11)3(8)6(13)14-5-4(12)9-7(15)10-5/h2-3,5,11H,8H2,1H3,(H2,9,10,12,15)/t2-,3+,5?/m1/s1. The van der Waals surface area contributed by atoms with Gasteiger partial charge in [0.05, 0.1) is 6.10 Å². The van der Waals surface area contributed by atoms with Crippen molar-refractivity contribution in [2.75, 3.05) is 0 Å². The van der Waals surface area contributed by atoms with Gasteiger partial charge in [0.2, 0.25) is 0 Å². The Hall–Kier alpha value is -1.25. The zero-order chi connectivity index (χ0) is 11.6. The van der Waals surface area contributed by atoms with Crippen LogP contribution in [0.25, 0.3) is 0 Å². The number of hydrogen-bond acceptors (Lipinski definition) is 6. The van der Waals surface area contributed by atoms with Crippen LogP contribution in [-0.4, -0.2) is 40.5 Å². The van der Waals surface area contributed by atoms with Gasteiger partial charge in [0.25, 0.3) is 12.1 Å². The van der Waals surface area contributed by atoms with E-state index in [1.807, 2.05) is 0 Å². The number of hydrogen-bond donors (Lipinski definition) is 4. The lowest BCUT2D eigenvalue weighted by molar-refractivity contribution is -0.158. The van der Waals surface area contributed by atoms with E-state index < -0.39 is 30.3 Å². The smallest absolute Gasteiger partial charge is 0.327 e. The zero-order valence-corrected chi connectivity index (χ0v) is 8.71. The van der Waals surface area contributed by atoms with Crippen LogP contribution in [0.15, 0.2) is 0 Å². The molecule has 0 aromatic heterocycles. The molecule has 0 bridgehead atoms. The molecule has 1 amide bonds. The molecule has 1 aliphatic rings. The zero-order valence-electron chi connectivity index (χ0n) is 7.89. The highest BCUT2D eigenvalue weighted by Gasteiger charge is 2.33. The maximum atomic E-state index is 11.2. The number of carbonyl (C=O) groups is 2. The quantitative estimate of drug-likeness (QED) is 0.316. The molecule has 5 N–H and O–H groups in total. The third-order valence-electron chi connectivity index (χ3n) is 1.76. The number of amides is 1. The predicted octanol–water partition coefficient (Wildman–Crippen LogP) is -2.43. The van der Waals surface area contributed by atoms with Crippen LogP contribution in [0.2, 0.25) is 0 Å². The number of aliphatic hydroxyl groups excluding tert-OH is 1. The van der Waals surface area contributed by atoms with E-state index in [-0.39, 0.29) is 5.11 Å². The molecule has 0 aromatic rings. The summed E-state index contributed by atoms with van der Waals surface area (Å²) < 4.78 is 4.68. The number of carbonyl (C=O) groups excluding carboxylic acids is 2. The second-order valence-corrected chi connectivity index (χ2v) is 3.45. The van der Waals surface area contributed by atoms with Gasteiger partial charge < -0.3 is 20.9 Å². The van der Waals surface area contributed by atoms with Gasteiger partial charge in [-0.25, -0.2) is 0 Å². The Labute approximate surface area is 91.0 Å². The topological polar surface area (TPSA) is 114 Å². The molecule has 8 heteroatoms. The van der Waals surface area contributed by atoms with E-state index in [1.54, 1.807) is 0 Å². The lowest BCUT2D eigenvalue weighted by Crippen LogP contribution is -2.45. The molecule has 0 saturated carbocycles. The summed E-state index contributed by atoms with van der Waals surface area (Å²) in [7, 11) is 0. The summed E-state index contributed by atoms with van der Waals surface area (Å²) in [5.74, 6) is -1.44. The fourth-order valence-electron chi connectivity index (χ4n) is 0.873. The number of thiocarbonyl (C=S) groups is 1. The first-order valence-corrected chi connectivity index (χ1v) is 4.58. The monoisotopic (exact) mass is 233 g/mol. The van der Waals surface area contributed by atoms with Crippen LogP contribution in [0.3, 0.4) is 0 Å². The first-order chi connectivity index (χ1) is 6.91. The lowest BCUT2D eigenvalue weighted by Gasteiger charge is -2.16. The van der Waals surface area contributed by atoms with Gasteiger partial charge in [-0.2, -0.15) is 0 Å². The van der Waals surface area contributed by atoms with Crippen molar-refractivity contribution in [3.8, 4) is 0 Å². The van der Waals surface area contributed by atoms with Gasteiger partial charge >= 0.3 is 5.97 Å². The van der Waals surface area contributed by atoms with E-state index in [0.29, 0.717) is 0 Å². The molecule has 1 rings (SSSR count). The Morgan fingerprint density at radius 2 is 2.33 bits per heavy atom. The minimum atomic E-state index is -1.19. The molecule has 3 atom stereocenters. The number of nitrogens with one attached hydrogen (secondary N) is 2. The van der Waals surface area contributed by atoms with Crippen LogP contribution in [0.4, 0.5) is 0 Å². The van der Waals surface area contributed by atoms with Crippen LogP contribution in [0.5, 0.6) is 0 Å². The summed E-state index contributed by atoms with van der Waals surface area (Å²) in [5, 5.41) is 13.8. The van der Waals surface area contributed by atoms with Crippen LogP contribution >= 0.6 is 12.2 Å². The van der Waals surface area contributed by atoms with Crippen molar-refractivity contribution in [3.05, 3.63) is 0 Å². The Morgan fingerprint density at radius 3 is 2.73 bits per heavy atom. The third kappa shape index (κ3) is 2.85. The van der Waals surface area contributed by atoms with Gasteiger partial charge in [-0.3, -0.25) is 14.9 Å². The Morgan fingerprint density at radius 1 is 1.73 bits per heavy atom. The molecule has 1 fully saturated rings. The minimum absolute atomic E-state index is 0.0865. The second-order valence-electron chi connectivity index (χ2n) is 3.05. The first kappa shape index (κ1) is 11.8. The maximum absolute atomic E-state index is 11.2. The largest absolute Gasteiger partial charge is 0.431 e. The third-order valence-corrected chi connectivity index (χ3v) is 1.98. The van der Waals surface area contributed by atoms with Gasteiger partial charge in [-0.1, -0.05) is 0 Å². The molecule has 0 aromatic carbocycles. The van der Waals surface area contributed by atoms with Crippen LogP contribution in [-0.2, 0) is 14.3 Å². The summed E-state index contributed by atoms with van der Waals surface area (Å²) in [6, 6.07) is -1.19. The Balaban J connectivity index is 2.52. The lowest BCUT2D eigenvalue weighted by atomic mass is 10.2. The van der Waals surface area contributed by atoms with Gasteiger partial charge in [0, 0.05) is 0 Å². The summed E-state index contributed by atoms with van der Waals surface area (Å²) in [6.07, 6.45) is -2.22. The van der Waals surface area contributed by atoms with Crippen molar-refractivity contribution in [1.29, 1.82) is 0 Å². The molecule has 1 aliphatic heterocycles. The molecule has 0 radical (unpaired) electrons. The van der Waals surface area contributed by atoms with E-state index in [0.717, 1.165) is 0 Å². The molecular weight excluding hydrogens is 222 g/mol. The van der Waals surface area contributed by atoms with Gasteiger partial charge in [-0.15, -0.1) is 0 Å². The van der Waals surface area contributed by atoms with Crippen molar-refractivity contribution in [2.45, 2.75) is 25.3 Å². The van der Waals surface area contributed by atoms with E-state index in [1.165, 1.54) is 6.92 Å². The molecule has 0 spiro atoms.